The Balaban J connectivity index is 2.07. The standard InChI is InChI=1S/C17H18Cl2O3/c1-2-17-6-4-3-5-11(17)14-10(8-17)7-12(15(18)16(14)19)22-9-13(20)21/h5,7H,2-4,6,8-9H2,1H3,(H,20,21). The third-order valence-electron chi connectivity index (χ3n) is 4.86. The Labute approximate surface area is 139 Å². The molecule has 2 aliphatic carbocycles. The van der Waals surface area contributed by atoms with Gasteiger partial charge in [-0.3, -0.25) is 0 Å². The Hall–Kier alpha value is -1.19. The number of allylic oxidation sites excluding steroid dienone is 2. The molecule has 1 unspecified atom stereocenters. The second-order valence-corrected chi connectivity index (χ2v) is 6.80. The number of hydrogen-bond acceptors (Lipinski definition) is 2. The van der Waals surface area contributed by atoms with Crippen LogP contribution in [0.15, 0.2) is 12.1 Å². The molecule has 118 valence electrons. The maximum Gasteiger partial charge on any atom is 0.341 e. The zero-order valence-electron chi connectivity index (χ0n) is 12.4. The molecular weight excluding hydrogens is 323 g/mol. The van der Waals surface area contributed by atoms with Crippen LogP contribution in [-0.2, 0) is 11.2 Å². The highest BCUT2D eigenvalue weighted by Crippen LogP contribution is 2.58. The average Bonchev–Trinajstić information content (AvgIpc) is 2.84. The summed E-state index contributed by atoms with van der Waals surface area (Å²) in [4.78, 5) is 10.7. The Morgan fingerprint density at radius 2 is 2.18 bits per heavy atom. The molecule has 0 heterocycles. The normalized spacial score (nSPS) is 22.8. The Morgan fingerprint density at radius 3 is 2.86 bits per heavy atom. The second-order valence-electron chi connectivity index (χ2n) is 6.04. The van der Waals surface area contributed by atoms with Crippen LogP contribution in [0.25, 0.3) is 5.57 Å². The topological polar surface area (TPSA) is 46.5 Å². The van der Waals surface area contributed by atoms with Crippen LogP contribution in [-0.4, -0.2) is 17.7 Å². The van der Waals surface area contributed by atoms with Gasteiger partial charge in [-0.1, -0.05) is 36.2 Å². The number of hydrogen-bond donors (Lipinski definition) is 1. The lowest BCUT2D eigenvalue weighted by Crippen LogP contribution is -2.21. The fraction of sp³-hybridized carbons (Fsp3) is 0.471. The number of carboxylic acid groups (broad SMARTS) is 1. The minimum atomic E-state index is -1.03. The van der Waals surface area contributed by atoms with E-state index >= 15 is 0 Å². The van der Waals surface area contributed by atoms with Gasteiger partial charge in [-0.2, -0.15) is 0 Å². The highest BCUT2D eigenvalue weighted by molar-refractivity contribution is 6.44. The van der Waals surface area contributed by atoms with Gasteiger partial charge < -0.3 is 9.84 Å². The van der Waals surface area contributed by atoms with Crippen molar-refractivity contribution in [3.8, 4) is 5.75 Å². The van der Waals surface area contributed by atoms with Crippen molar-refractivity contribution >= 4 is 34.7 Å². The minimum absolute atomic E-state index is 0.152. The summed E-state index contributed by atoms with van der Waals surface area (Å²) in [6.45, 7) is 1.79. The number of carboxylic acids is 1. The van der Waals surface area contributed by atoms with Crippen LogP contribution in [0.3, 0.4) is 0 Å². The molecule has 0 amide bonds. The molecule has 0 fully saturated rings. The highest BCUT2D eigenvalue weighted by atomic mass is 35.5. The van der Waals surface area contributed by atoms with Crippen LogP contribution in [0.1, 0.15) is 43.7 Å². The van der Waals surface area contributed by atoms with Gasteiger partial charge in [0.15, 0.2) is 6.61 Å². The largest absolute Gasteiger partial charge is 0.480 e. The summed E-state index contributed by atoms with van der Waals surface area (Å²) in [5, 5.41) is 9.56. The molecule has 0 radical (unpaired) electrons. The van der Waals surface area contributed by atoms with Gasteiger partial charge in [-0.05, 0) is 54.7 Å². The van der Waals surface area contributed by atoms with Crippen molar-refractivity contribution < 1.29 is 14.6 Å². The van der Waals surface area contributed by atoms with Gasteiger partial charge in [0.1, 0.15) is 10.8 Å². The lowest BCUT2D eigenvalue weighted by molar-refractivity contribution is -0.139. The molecule has 3 rings (SSSR count). The number of halogens is 2. The van der Waals surface area contributed by atoms with E-state index in [0.29, 0.717) is 15.8 Å². The predicted octanol–water partition coefficient (Wildman–Crippen LogP) is 4.98. The van der Waals surface area contributed by atoms with Crippen LogP contribution < -0.4 is 4.74 Å². The van der Waals surface area contributed by atoms with E-state index < -0.39 is 12.6 Å². The molecule has 0 saturated heterocycles. The highest BCUT2D eigenvalue weighted by Gasteiger charge is 2.43. The molecular formula is C17H18Cl2O3. The first-order valence-electron chi connectivity index (χ1n) is 7.55. The smallest absolute Gasteiger partial charge is 0.341 e. The van der Waals surface area contributed by atoms with Gasteiger partial charge in [-0.25, -0.2) is 4.79 Å². The minimum Gasteiger partial charge on any atom is -0.480 e. The van der Waals surface area contributed by atoms with E-state index in [9.17, 15) is 4.79 Å². The molecule has 1 aromatic rings. The monoisotopic (exact) mass is 340 g/mol. The van der Waals surface area contributed by atoms with E-state index in [2.05, 4.69) is 13.0 Å². The van der Waals surface area contributed by atoms with Crippen LogP contribution in [0.2, 0.25) is 10.0 Å². The van der Waals surface area contributed by atoms with Crippen LogP contribution in [0.4, 0.5) is 0 Å². The fourth-order valence-corrected chi connectivity index (χ4v) is 4.29. The van der Waals surface area contributed by atoms with Gasteiger partial charge in [0.2, 0.25) is 0 Å². The van der Waals surface area contributed by atoms with Gasteiger partial charge in [-0.15, -0.1) is 0 Å². The van der Waals surface area contributed by atoms with Crippen molar-refractivity contribution in [3.63, 3.8) is 0 Å². The molecule has 0 spiro atoms. The number of benzene rings is 1. The summed E-state index contributed by atoms with van der Waals surface area (Å²) in [6.07, 6.45) is 7.70. The maximum absolute atomic E-state index is 10.7. The summed E-state index contributed by atoms with van der Waals surface area (Å²) in [7, 11) is 0. The van der Waals surface area contributed by atoms with E-state index in [1.54, 1.807) is 0 Å². The Bertz CT molecular complexity index is 666. The number of aliphatic carboxylic acids is 1. The van der Waals surface area contributed by atoms with Crippen LogP contribution in [0.5, 0.6) is 5.75 Å². The Kier molecular flexibility index (Phi) is 4.13. The Morgan fingerprint density at radius 1 is 1.41 bits per heavy atom. The van der Waals surface area contributed by atoms with E-state index in [0.717, 1.165) is 36.8 Å². The summed E-state index contributed by atoms with van der Waals surface area (Å²) < 4.78 is 5.29. The SMILES string of the molecule is CCC12CCCC=C1c1c(cc(OCC(=O)O)c(Cl)c1Cl)C2. The average molecular weight is 341 g/mol. The van der Waals surface area contributed by atoms with Crippen molar-refractivity contribution in [1.82, 2.24) is 0 Å². The van der Waals surface area contributed by atoms with Crippen LogP contribution >= 0.6 is 23.2 Å². The molecule has 1 aromatic carbocycles. The molecule has 0 saturated carbocycles. The summed E-state index contributed by atoms with van der Waals surface area (Å²) in [5.41, 5.74) is 3.62. The fourth-order valence-electron chi connectivity index (χ4n) is 3.77. The zero-order valence-corrected chi connectivity index (χ0v) is 13.9. The number of fused-ring (bicyclic) bond motifs is 3. The third kappa shape index (κ3) is 2.40. The number of rotatable bonds is 4. The molecule has 5 heteroatoms. The van der Waals surface area contributed by atoms with Gasteiger partial charge in [0, 0.05) is 5.56 Å². The van der Waals surface area contributed by atoms with Crippen molar-refractivity contribution in [1.29, 1.82) is 0 Å². The van der Waals surface area contributed by atoms with E-state index in [4.69, 9.17) is 33.0 Å². The molecule has 1 N–H and O–H groups in total. The molecule has 1 atom stereocenters. The predicted molar refractivity (Wildman–Crippen MR) is 87.8 cm³/mol. The lowest BCUT2D eigenvalue weighted by atomic mass is 9.71. The molecule has 22 heavy (non-hydrogen) atoms. The van der Waals surface area contributed by atoms with Gasteiger partial charge in [0.25, 0.3) is 0 Å². The summed E-state index contributed by atoms with van der Waals surface area (Å²) >= 11 is 12.8. The first-order chi connectivity index (χ1) is 10.5. The quantitative estimate of drug-likeness (QED) is 0.840. The number of carbonyl (C=O) groups is 1. The van der Waals surface area contributed by atoms with Crippen molar-refractivity contribution in [2.75, 3.05) is 6.61 Å². The first kappa shape index (κ1) is 15.7. The van der Waals surface area contributed by atoms with E-state index in [-0.39, 0.29) is 5.41 Å². The van der Waals surface area contributed by atoms with Crippen LogP contribution in [0, 0.1) is 5.41 Å². The van der Waals surface area contributed by atoms with Gasteiger partial charge in [0.05, 0.1) is 5.02 Å². The molecule has 0 aromatic heterocycles. The van der Waals surface area contributed by atoms with Crippen molar-refractivity contribution in [3.05, 3.63) is 33.3 Å². The molecule has 0 bridgehead atoms. The maximum atomic E-state index is 10.7. The summed E-state index contributed by atoms with van der Waals surface area (Å²) in [5.74, 6) is -0.674. The van der Waals surface area contributed by atoms with E-state index in [1.807, 2.05) is 6.07 Å². The lowest BCUT2D eigenvalue weighted by Gasteiger charge is -2.33. The van der Waals surface area contributed by atoms with E-state index in [1.165, 1.54) is 12.0 Å². The van der Waals surface area contributed by atoms with Crippen molar-refractivity contribution in [2.45, 2.75) is 39.0 Å². The third-order valence-corrected chi connectivity index (χ3v) is 5.71. The zero-order chi connectivity index (χ0) is 15.9. The first-order valence-corrected chi connectivity index (χ1v) is 8.30. The molecule has 3 nitrogen and oxygen atoms in total. The van der Waals surface area contributed by atoms with Crippen molar-refractivity contribution in [2.24, 2.45) is 5.41 Å². The molecule has 2 aliphatic rings. The second kappa shape index (κ2) is 5.78. The molecule has 0 aliphatic heterocycles. The summed E-state index contributed by atoms with van der Waals surface area (Å²) in [6, 6.07) is 1.86. The van der Waals surface area contributed by atoms with Gasteiger partial charge >= 0.3 is 5.97 Å². The number of ether oxygens (including phenoxy) is 1.